The number of nitrogens with zero attached hydrogens (tertiary/aromatic N) is 1. The number of aromatic nitrogens is 1. The van der Waals surface area contributed by atoms with Gasteiger partial charge in [-0.1, -0.05) is 6.07 Å². The molecule has 0 bridgehead atoms. The highest BCUT2D eigenvalue weighted by Gasteiger charge is 2.14. The first-order valence-corrected chi connectivity index (χ1v) is 7.01. The van der Waals surface area contributed by atoms with E-state index < -0.39 is 0 Å². The molecule has 5 nitrogen and oxygen atoms in total. The third-order valence-electron chi connectivity index (χ3n) is 3.35. The molecule has 0 atom stereocenters. The average molecular weight is 313 g/mol. The van der Waals surface area contributed by atoms with Crippen LogP contribution >= 0.6 is 0 Å². The first kappa shape index (κ1) is 13.6. The van der Waals surface area contributed by atoms with Gasteiger partial charge in [-0.2, -0.15) is 0 Å². The smallest absolute Gasteiger partial charge is 0.231 e. The molecule has 0 amide bonds. The minimum Gasteiger partial charge on any atom is -0.487 e. The van der Waals surface area contributed by atoms with Crippen LogP contribution in [0.1, 0.15) is 5.69 Å². The van der Waals surface area contributed by atoms with Crippen LogP contribution in [0, 0.1) is 5.82 Å². The van der Waals surface area contributed by atoms with Crippen molar-refractivity contribution < 1.29 is 23.0 Å². The summed E-state index contributed by atoms with van der Waals surface area (Å²) in [6.07, 6.45) is 1.49. The summed E-state index contributed by atoms with van der Waals surface area (Å²) in [5, 5.41) is 0. The number of benzene rings is 2. The SMILES string of the molecule is Fc1cccc(-c2nc(COc3ccc4c(c3)OCO4)co2)c1. The number of hydrogen-bond donors (Lipinski definition) is 0. The van der Waals surface area contributed by atoms with Crippen LogP contribution in [0.5, 0.6) is 17.2 Å². The Morgan fingerprint density at radius 1 is 1.09 bits per heavy atom. The lowest BCUT2D eigenvalue weighted by molar-refractivity contribution is 0.173. The van der Waals surface area contributed by atoms with Crippen LogP contribution < -0.4 is 14.2 Å². The van der Waals surface area contributed by atoms with Crippen LogP contribution in [-0.4, -0.2) is 11.8 Å². The lowest BCUT2D eigenvalue weighted by Gasteiger charge is -2.04. The molecule has 4 rings (SSSR count). The molecule has 2 heterocycles. The van der Waals surface area contributed by atoms with E-state index in [9.17, 15) is 4.39 Å². The van der Waals surface area contributed by atoms with Crippen molar-refractivity contribution in [2.75, 3.05) is 6.79 Å². The molecule has 2 aromatic carbocycles. The van der Waals surface area contributed by atoms with Gasteiger partial charge in [0.05, 0.1) is 0 Å². The molecule has 3 aromatic rings. The van der Waals surface area contributed by atoms with Gasteiger partial charge < -0.3 is 18.6 Å². The van der Waals surface area contributed by atoms with E-state index in [-0.39, 0.29) is 19.2 Å². The maximum absolute atomic E-state index is 13.2. The highest BCUT2D eigenvalue weighted by molar-refractivity contribution is 5.53. The Kier molecular flexibility index (Phi) is 3.34. The molecule has 23 heavy (non-hydrogen) atoms. The maximum atomic E-state index is 13.2. The van der Waals surface area contributed by atoms with Gasteiger partial charge in [-0.15, -0.1) is 0 Å². The first-order valence-electron chi connectivity index (χ1n) is 7.01. The Morgan fingerprint density at radius 3 is 2.91 bits per heavy atom. The summed E-state index contributed by atoms with van der Waals surface area (Å²) < 4.78 is 34.8. The molecule has 0 unspecified atom stereocenters. The minimum atomic E-state index is -0.334. The zero-order valence-corrected chi connectivity index (χ0v) is 12.0. The van der Waals surface area contributed by atoms with Crippen LogP contribution in [-0.2, 0) is 6.61 Å². The van der Waals surface area contributed by atoms with Crippen LogP contribution in [0.4, 0.5) is 4.39 Å². The van der Waals surface area contributed by atoms with Crippen LogP contribution in [0.2, 0.25) is 0 Å². The van der Waals surface area contributed by atoms with Crippen LogP contribution in [0.25, 0.3) is 11.5 Å². The average Bonchev–Trinajstić information content (AvgIpc) is 3.21. The van der Waals surface area contributed by atoms with Crippen LogP contribution in [0.15, 0.2) is 53.1 Å². The van der Waals surface area contributed by atoms with E-state index in [4.69, 9.17) is 18.6 Å². The number of ether oxygens (including phenoxy) is 3. The standard InChI is InChI=1S/C17H12FNO4/c18-12-3-1-2-11(6-12)17-19-13(9-21-17)8-20-14-4-5-15-16(7-14)23-10-22-15/h1-7,9H,8,10H2. The summed E-state index contributed by atoms with van der Waals surface area (Å²) in [5.74, 6) is 2.02. The van der Waals surface area contributed by atoms with Crippen molar-refractivity contribution in [2.24, 2.45) is 0 Å². The topological polar surface area (TPSA) is 53.7 Å². The molecular formula is C17H12FNO4. The zero-order chi connectivity index (χ0) is 15.6. The van der Waals surface area contributed by atoms with Crippen molar-refractivity contribution in [3.63, 3.8) is 0 Å². The number of halogens is 1. The molecule has 0 saturated carbocycles. The summed E-state index contributed by atoms with van der Waals surface area (Å²) in [6, 6.07) is 11.4. The second-order valence-electron chi connectivity index (χ2n) is 4.96. The van der Waals surface area contributed by atoms with Crippen molar-refractivity contribution in [3.8, 4) is 28.7 Å². The molecule has 0 N–H and O–H groups in total. The summed E-state index contributed by atoms with van der Waals surface area (Å²) in [6.45, 7) is 0.456. The first-order chi connectivity index (χ1) is 11.3. The molecule has 0 aliphatic carbocycles. The van der Waals surface area contributed by atoms with Gasteiger partial charge in [0.2, 0.25) is 12.7 Å². The molecule has 0 fully saturated rings. The quantitative estimate of drug-likeness (QED) is 0.733. The van der Waals surface area contributed by atoms with E-state index >= 15 is 0 Å². The Balaban J connectivity index is 1.46. The third-order valence-corrected chi connectivity index (χ3v) is 3.35. The van der Waals surface area contributed by atoms with Crippen molar-refractivity contribution in [1.29, 1.82) is 0 Å². The molecule has 1 aromatic heterocycles. The molecular weight excluding hydrogens is 301 g/mol. The van der Waals surface area contributed by atoms with E-state index in [1.165, 1.54) is 18.4 Å². The number of oxazole rings is 1. The molecule has 0 radical (unpaired) electrons. The van der Waals surface area contributed by atoms with Gasteiger partial charge in [0.25, 0.3) is 0 Å². The molecule has 0 saturated heterocycles. The Hall–Kier alpha value is -3.02. The third kappa shape index (κ3) is 2.83. The van der Waals surface area contributed by atoms with E-state index in [0.717, 1.165) is 0 Å². The van der Waals surface area contributed by atoms with E-state index in [0.29, 0.717) is 34.4 Å². The van der Waals surface area contributed by atoms with E-state index in [2.05, 4.69) is 4.98 Å². The molecule has 6 heteroatoms. The summed E-state index contributed by atoms with van der Waals surface area (Å²) in [4.78, 5) is 4.29. The predicted molar refractivity (Wildman–Crippen MR) is 78.8 cm³/mol. The van der Waals surface area contributed by atoms with Crippen molar-refractivity contribution >= 4 is 0 Å². The fourth-order valence-corrected chi connectivity index (χ4v) is 2.25. The van der Waals surface area contributed by atoms with Crippen molar-refractivity contribution in [3.05, 3.63) is 60.2 Å². The largest absolute Gasteiger partial charge is 0.487 e. The fourth-order valence-electron chi connectivity index (χ4n) is 2.25. The van der Waals surface area contributed by atoms with Crippen molar-refractivity contribution in [1.82, 2.24) is 4.98 Å². The van der Waals surface area contributed by atoms with E-state index in [1.54, 1.807) is 30.3 Å². The Bertz CT molecular complexity index is 846. The number of hydrogen-bond acceptors (Lipinski definition) is 5. The lowest BCUT2D eigenvalue weighted by Crippen LogP contribution is -1.96. The summed E-state index contributed by atoms with van der Waals surface area (Å²) in [7, 11) is 0. The highest BCUT2D eigenvalue weighted by atomic mass is 19.1. The second-order valence-corrected chi connectivity index (χ2v) is 4.96. The second kappa shape index (κ2) is 5.64. The van der Waals surface area contributed by atoms with E-state index in [1.807, 2.05) is 0 Å². The van der Waals surface area contributed by atoms with Gasteiger partial charge >= 0.3 is 0 Å². The normalized spacial score (nSPS) is 12.4. The molecule has 1 aliphatic heterocycles. The highest BCUT2D eigenvalue weighted by Crippen LogP contribution is 2.35. The Labute approximate surface area is 131 Å². The van der Waals surface area contributed by atoms with Gasteiger partial charge in [0, 0.05) is 11.6 Å². The van der Waals surface area contributed by atoms with Crippen molar-refractivity contribution in [2.45, 2.75) is 6.61 Å². The Morgan fingerprint density at radius 2 is 2.00 bits per heavy atom. The lowest BCUT2D eigenvalue weighted by atomic mass is 10.2. The minimum absolute atomic E-state index is 0.221. The molecule has 1 aliphatic rings. The molecule has 0 spiro atoms. The van der Waals surface area contributed by atoms with Gasteiger partial charge in [0.1, 0.15) is 30.1 Å². The maximum Gasteiger partial charge on any atom is 0.231 e. The van der Waals surface area contributed by atoms with Gasteiger partial charge in [0.15, 0.2) is 11.5 Å². The number of rotatable bonds is 4. The number of fused-ring (bicyclic) bond motifs is 1. The van der Waals surface area contributed by atoms with Gasteiger partial charge in [-0.3, -0.25) is 0 Å². The van der Waals surface area contributed by atoms with Gasteiger partial charge in [-0.25, -0.2) is 9.37 Å². The van der Waals surface area contributed by atoms with Gasteiger partial charge in [-0.05, 0) is 30.3 Å². The molecule has 116 valence electrons. The van der Waals surface area contributed by atoms with Crippen LogP contribution in [0.3, 0.4) is 0 Å². The predicted octanol–water partition coefficient (Wildman–Crippen LogP) is 3.79. The fraction of sp³-hybridized carbons (Fsp3) is 0.118. The zero-order valence-electron chi connectivity index (χ0n) is 12.0. The monoisotopic (exact) mass is 313 g/mol. The summed E-state index contributed by atoms with van der Waals surface area (Å²) >= 11 is 0. The summed E-state index contributed by atoms with van der Waals surface area (Å²) in [5.41, 5.74) is 1.20.